The average Bonchev–Trinajstić information content (AvgIpc) is 2.01. The first kappa shape index (κ1) is 10.8. The predicted molar refractivity (Wildman–Crippen MR) is 56.9 cm³/mol. The lowest BCUT2D eigenvalue weighted by molar-refractivity contribution is 0.0695. The second-order valence-electron chi connectivity index (χ2n) is 3.66. The van der Waals surface area contributed by atoms with Crippen LogP contribution >= 0.6 is 0 Å². The van der Waals surface area contributed by atoms with Crippen molar-refractivity contribution >= 4 is 5.97 Å². The summed E-state index contributed by atoms with van der Waals surface area (Å²) in [5.74, 6) is -0.831. The maximum atomic E-state index is 10.9. The molecule has 0 heterocycles. The number of hydrogen-bond acceptors (Lipinski definition) is 1. The van der Waals surface area contributed by atoms with Gasteiger partial charge in [-0.05, 0) is 37.0 Å². The van der Waals surface area contributed by atoms with Crippen LogP contribution in [0.5, 0.6) is 0 Å². The van der Waals surface area contributed by atoms with Crippen LogP contribution in [0.1, 0.15) is 40.4 Å². The SMILES string of the molecule is CCCc1cc(C)c(C(=O)O)c(C)c1. The van der Waals surface area contributed by atoms with E-state index in [1.807, 2.05) is 26.0 Å². The third-order valence-corrected chi connectivity index (χ3v) is 2.35. The Morgan fingerprint density at radius 1 is 1.29 bits per heavy atom. The molecular formula is C12H16O2. The molecule has 0 unspecified atom stereocenters. The van der Waals surface area contributed by atoms with Crippen molar-refractivity contribution in [3.05, 3.63) is 34.4 Å². The van der Waals surface area contributed by atoms with Gasteiger partial charge >= 0.3 is 5.97 Å². The highest BCUT2D eigenvalue weighted by Gasteiger charge is 2.11. The quantitative estimate of drug-likeness (QED) is 0.799. The summed E-state index contributed by atoms with van der Waals surface area (Å²) < 4.78 is 0. The zero-order valence-electron chi connectivity index (χ0n) is 8.92. The van der Waals surface area contributed by atoms with Crippen molar-refractivity contribution < 1.29 is 9.90 Å². The molecule has 0 atom stereocenters. The number of aromatic carboxylic acids is 1. The fraction of sp³-hybridized carbons (Fsp3) is 0.417. The van der Waals surface area contributed by atoms with Crippen molar-refractivity contribution in [2.75, 3.05) is 0 Å². The monoisotopic (exact) mass is 192 g/mol. The van der Waals surface area contributed by atoms with Crippen LogP contribution in [0.4, 0.5) is 0 Å². The normalized spacial score (nSPS) is 10.2. The van der Waals surface area contributed by atoms with Gasteiger partial charge < -0.3 is 5.11 Å². The second-order valence-corrected chi connectivity index (χ2v) is 3.66. The Bertz CT molecular complexity index is 330. The lowest BCUT2D eigenvalue weighted by Gasteiger charge is -2.08. The van der Waals surface area contributed by atoms with Gasteiger partial charge in [-0.25, -0.2) is 4.79 Å². The van der Waals surface area contributed by atoms with Gasteiger partial charge in [0.15, 0.2) is 0 Å². The first-order valence-corrected chi connectivity index (χ1v) is 4.89. The Labute approximate surface area is 84.6 Å². The molecule has 0 aromatic heterocycles. The summed E-state index contributed by atoms with van der Waals surface area (Å²) in [7, 11) is 0. The van der Waals surface area contributed by atoms with Crippen molar-refractivity contribution in [3.63, 3.8) is 0 Å². The molecule has 0 aliphatic carbocycles. The smallest absolute Gasteiger partial charge is 0.336 e. The van der Waals surface area contributed by atoms with Crippen molar-refractivity contribution in [1.82, 2.24) is 0 Å². The van der Waals surface area contributed by atoms with Crippen LogP contribution in [0.2, 0.25) is 0 Å². The first-order valence-electron chi connectivity index (χ1n) is 4.89. The Kier molecular flexibility index (Phi) is 3.28. The number of rotatable bonds is 3. The largest absolute Gasteiger partial charge is 0.478 e. The molecule has 1 N–H and O–H groups in total. The number of hydrogen-bond donors (Lipinski definition) is 1. The summed E-state index contributed by atoms with van der Waals surface area (Å²) in [4.78, 5) is 10.9. The van der Waals surface area contributed by atoms with Gasteiger partial charge in [0.25, 0.3) is 0 Å². The molecule has 0 saturated heterocycles. The minimum absolute atomic E-state index is 0.449. The molecule has 1 rings (SSSR count). The molecule has 1 aromatic carbocycles. The Morgan fingerprint density at radius 2 is 1.79 bits per heavy atom. The van der Waals surface area contributed by atoms with Crippen LogP contribution in [-0.4, -0.2) is 11.1 Å². The second kappa shape index (κ2) is 4.27. The molecule has 1 aromatic rings. The van der Waals surface area contributed by atoms with Crippen LogP contribution in [0.3, 0.4) is 0 Å². The number of carboxylic acid groups (broad SMARTS) is 1. The number of carbonyl (C=O) groups is 1. The number of aryl methyl sites for hydroxylation is 3. The molecule has 0 aliphatic rings. The van der Waals surface area contributed by atoms with Crippen LogP contribution < -0.4 is 0 Å². The summed E-state index contributed by atoms with van der Waals surface area (Å²) in [5, 5.41) is 8.97. The van der Waals surface area contributed by atoms with E-state index in [1.165, 1.54) is 5.56 Å². The number of benzene rings is 1. The van der Waals surface area contributed by atoms with Crippen molar-refractivity contribution in [3.8, 4) is 0 Å². The maximum Gasteiger partial charge on any atom is 0.336 e. The van der Waals surface area contributed by atoms with Gasteiger partial charge in [0.05, 0.1) is 5.56 Å². The van der Waals surface area contributed by atoms with Crippen molar-refractivity contribution in [2.24, 2.45) is 0 Å². The molecule has 0 aliphatic heterocycles. The average molecular weight is 192 g/mol. The van der Waals surface area contributed by atoms with Gasteiger partial charge in [0.2, 0.25) is 0 Å². The van der Waals surface area contributed by atoms with E-state index in [1.54, 1.807) is 0 Å². The van der Waals surface area contributed by atoms with Crippen LogP contribution in [0, 0.1) is 13.8 Å². The zero-order chi connectivity index (χ0) is 10.7. The van der Waals surface area contributed by atoms with E-state index in [-0.39, 0.29) is 0 Å². The number of carboxylic acids is 1. The van der Waals surface area contributed by atoms with Crippen LogP contribution in [0.15, 0.2) is 12.1 Å². The standard InChI is InChI=1S/C12H16O2/c1-4-5-10-6-8(2)11(12(13)14)9(3)7-10/h6-7H,4-5H2,1-3H3,(H,13,14). The van der Waals surface area contributed by atoms with E-state index in [0.29, 0.717) is 5.56 Å². The molecule has 0 fully saturated rings. The Hall–Kier alpha value is -1.31. The zero-order valence-corrected chi connectivity index (χ0v) is 8.92. The van der Waals surface area contributed by atoms with Crippen LogP contribution in [0.25, 0.3) is 0 Å². The summed E-state index contributed by atoms with van der Waals surface area (Å²) in [6, 6.07) is 3.94. The van der Waals surface area contributed by atoms with Gasteiger partial charge in [-0.15, -0.1) is 0 Å². The van der Waals surface area contributed by atoms with Crippen molar-refractivity contribution in [2.45, 2.75) is 33.6 Å². The Balaban J connectivity index is 3.18. The topological polar surface area (TPSA) is 37.3 Å². The first-order chi connectivity index (χ1) is 6.56. The minimum Gasteiger partial charge on any atom is -0.478 e. The summed E-state index contributed by atoms with van der Waals surface area (Å²) >= 11 is 0. The summed E-state index contributed by atoms with van der Waals surface area (Å²) in [5.41, 5.74) is 3.40. The molecule has 76 valence electrons. The van der Waals surface area contributed by atoms with E-state index in [0.717, 1.165) is 24.0 Å². The molecule has 0 spiro atoms. The predicted octanol–water partition coefficient (Wildman–Crippen LogP) is 2.95. The highest BCUT2D eigenvalue weighted by Crippen LogP contribution is 2.17. The van der Waals surface area contributed by atoms with E-state index in [9.17, 15) is 4.79 Å². The van der Waals surface area contributed by atoms with Gasteiger partial charge in [-0.2, -0.15) is 0 Å². The third kappa shape index (κ3) is 2.13. The van der Waals surface area contributed by atoms with E-state index >= 15 is 0 Å². The third-order valence-electron chi connectivity index (χ3n) is 2.35. The highest BCUT2D eigenvalue weighted by molar-refractivity contribution is 5.91. The summed E-state index contributed by atoms with van der Waals surface area (Å²) in [6.45, 7) is 5.83. The summed E-state index contributed by atoms with van der Waals surface area (Å²) in [6.07, 6.45) is 2.10. The molecule has 0 amide bonds. The van der Waals surface area contributed by atoms with Gasteiger partial charge in [-0.3, -0.25) is 0 Å². The van der Waals surface area contributed by atoms with Crippen molar-refractivity contribution in [1.29, 1.82) is 0 Å². The maximum absolute atomic E-state index is 10.9. The molecule has 0 bridgehead atoms. The van der Waals surface area contributed by atoms with E-state index in [4.69, 9.17) is 5.11 Å². The fourth-order valence-electron chi connectivity index (χ4n) is 1.82. The molecular weight excluding hydrogens is 176 g/mol. The fourth-order valence-corrected chi connectivity index (χ4v) is 1.82. The van der Waals surface area contributed by atoms with Gasteiger partial charge in [-0.1, -0.05) is 25.5 Å². The van der Waals surface area contributed by atoms with E-state index in [2.05, 4.69) is 6.92 Å². The van der Waals surface area contributed by atoms with Gasteiger partial charge in [0, 0.05) is 0 Å². The molecule has 0 saturated carbocycles. The lowest BCUT2D eigenvalue weighted by Crippen LogP contribution is -2.04. The molecule has 14 heavy (non-hydrogen) atoms. The molecule has 2 nitrogen and oxygen atoms in total. The van der Waals surface area contributed by atoms with E-state index < -0.39 is 5.97 Å². The Morgan fingerprint density at radius 3 is 2.14 bits per heavy atom. The highest BCUT2D eigenvalue weighted by atomic mass is 16.4. The molecule has 0 radical (unpaired) electrons. The van der Waals surface area contributed by atoms with Crippen LogP contribution in [-0.2, 0) is 6.42 Å². The van der Waals surface area contributed by atoms with Gasteiger partial charge in [0.1, 0.15) is 0 Å². The lowest BCUT2D eigenvalue weighted by atomic mass is 9.97. The minimum atomic E-state index is -0.831. The molecule has 2 heteroatoms.